The van der Waals surface area contributed by atoms with Crippen LogP contribution >= 0.6 is 0 Å². The first-order chi connectivity index (χ1) is 8.24. The van der Waals surface area contributed by atoms with Gasteiger partial charge in [-0.1, -0.05) is 24.3 Å². The summed E-state index contributed by atoms with van der Waals surface area (Å²) in [5, 5.41) is 8.50. The second kappa shape index (κ2) is 5.12. The van der Waals surface area contributed by atoms with Crippen LogP contribution in [0, 0.1) is 0 Å². The highest BCUT2D eigenvalue weighted by Crippen LogP contribution is 2.09. The molecule has 0 aliphatic carbocycles. The summed E-state index contributed by atoms with van der Waals surface area (Å²) in [5.41, 5.74) is 2.00. The fourth-order valence-corrected chi connectivity index (χ4v) is 1.50. The third-order valence-corrected chi connectivity index (χ3v) is 2.32. The molecule has 0 unspecified atom stereocenters. The molecule has 0 saturated heterocycles. The van der Waals surface area contributed by atoms with E-state index in [9.17, 15) is 4.79 Å². The fraction of sp³-hybridized carbons (Fsp3) is 0.0769. The van der Waals surface area contributed by atoms with E-state index in [1.807, 2.05) is 24.3 Å². The van der Waals surface area contributed by atoms with Crippen molar-refractivity contribution in [3.63, 3.8) is 0 Å². The Hall–Kier alpha value is -2.36. The van der Waals surface area contributed by atoms with E-state index in [0.29, 0.717) is 0 Å². The maximum Gasteiger partial charge on any atom is 0.328 e. The van der Waals surface area contributed by atoms with E-state index in [0.717, 1.165) is 29.4 Å². The van der Waals surface area contributed by atoms with Gasteiger partial charge >= 0.3 is 5.97 Å². The molecule has 2 N–H and O–H groups in total. The van der Waals surface area contributed by atoms with Gasteiger partial charge in [-0.25, -0.2) is 9.78 Å². The van der Waals surface area contributed by atoms with Crippen LogP contribution in [0.15, 0.2) is 42.7 Å². The first kappa shape index (κ1) is 11.1. The summed E-state index contributed by atoms with van der Waals surface area (Å²) in [6, 6.07) is 7.70. The molecule has 0 amide bonds. The van der Waals surface area contributed by atoms with Gasteiger partial charge in [-0.3, -0.25) is 0 Å². The molecule has 0 radical (unpaired) electrons. The number of carboxylic acids is 1. The average molecular weight is 228 g/mol. The predicted molar refractivity (Wildman–Crippen MR) is 64.5 cm³/mol. The number of carboxylic acid groups (broad SMARTS) is 1. The molecule has 0 aliphatic heterocycles. The Morgan fingerprint density at radius 1 is 1.35 bits per heavy atom. The third-order valence-electron chi connectivity index (χ3n) is 2.32. The van der Waals surface area contributed by atoms with Crippen LogP contribution in [0.25, 0.3) is 6.08 Å². The fourth-order valence-electron chi connectivity index (χ4n) is 1.50. The topological polar surface area (TPSA) is 66.0 Å². The molecule has 86 valence electrons. The molecule has 2 aromatic rings. The lowest BCUT2D eigenvalue weighted by molar-refractivity contribution is -0.131. The van der Waals surface area contributed by atoms with E-state index in [2.05, 4.69) is 9.97 Å². The number of nitrogens with zero attached hydrogens (tertiary/aromatic N) is 1. The van der Waals surface area contributed by atoms with Gasteiger partial charge < -0.3 is 10.1 Å². The molecule has 1 aromatic heterocycles. The normalized spacial score (nSPS) is 10.8. The number of rotatable bonds is 4. The zero-order valence-electron chi connectivity index (χ0n) is 9.13. The van der Waals surface area contributed by atoms with Gasteiger partial charge in [-0.15, -0.1) is 0 Å². The van der Waals surface area contributed by atoms with E-state index < -0.39 is 5.97 Å². The maximum atomic E-state index is 10.4. The Balaban J connectivity index is 2.05. The molecule has 2 rings (SSSR count). The lowest BCUT2D eigenvalue weighted by Gasteiger charge is -1.99. The van der Waals surface area contributed by atoms with Gasteiger partial charge in [0.15, 0.2) is 0 Å². The van der Waals surface area contributed by atoms with Crippen LogP contribution in [0.2, 0.25) is 0 Å². The number of hydrogen-bond acceptors (Lipinski definition) is 2. The van der Waals surface area contributed by atoms with Crippen LogP contribution in [-0.4, -0.2) is 21.0 Å². The highest BCUT2D eigenvalue weighted by molar-refractivity contribution is 5.85. The van der Waals surface area contributed by atoms with Gasteiger partial charge in [-0.05, 0) is 17.2 Å². The highest BCUT2D eigenvalue weighted by atomic mass is 16.4. The second-order valence-corrected chi connectivity index (χ2v) is 3.63. The maximum absolute atomic E-state index is 10.4. The zero-order valence-corrected chi connectivity index (χ0v) is 9.13. The van der Waals surface area contributed by atoms with Gasteiger partial charge in [-0.2, -0.15) is 0 Å². The van der Waals surface area contributed by atoms with Gasteiger partial charge in [0, 0.05) is 24.9 Å². The van der Waals surface area contributed by atoms with Crippen molar-refractivity contribution in [2.24, 2.45) is 0 Å². The Morgan fingerprint density at radius 3 is 2.71 bits per heavy atom. The molecule has 0 bridgehead atoms. The van der Waals surface area contributed by atoms with E-state index in [4.69, 9.17) is 5.11 Å². The SMILES string of the molecule is O=C(O)C=Cc1ccc(Cc2ncc[nH]2)cc1. The number of imidazole rings is 1. The van der Waals surface area contributed by atoms with Crippen molar-refractivity contribution in [3.05, 3.63) is 59.7 Å². The van der Waals surface area contributed by atoms with Crippen LogP contribution in [0.5, 0.6) is 0 Å². The quantitative estimate of drug-likeness (QED) is 0.787. The summed E-state index contributed by atoms with van der Waals surface area (Å²) < 4.78 is 0. The first-order valence-electron chi connectivity index (χ1n) is 5.22. The van der Waals surface area contributed by atoms with Crippen molar-refractivity contribution < 1.29 is 9.90 Å². The van der Waals surface area contributed by atoms with Crippen molar-refractivity contribution in [2.45, 2.75) is 6.42 Å². The molecular formula is C13H12N2O2. The third kappa shape index (κ3) is 3.31. The largest absolute Gasteiger partial charge is 0.478 e. The highest BCUT2D eigenvalue weighted by Gasteiger charge is 1.97. The van der Waals surface area contributed by atoms with Gasteiger partial charge in [0.1, 0.15) is 5.82 Å². The summed E-state index contributed by atoms with van der Waals surface area (Å²) in [6.07, 6.45) is 6.95. The van der Waals surface area contributed by atoms with Crippen LogP contribution in [0.3, 0.4) is 0 Å². The van der Waals surface area contributed by atoms with Crippen molar-refractivity contribution in [3.8, 4) is 0 Å². The molecule has 0 spiro atoms. The van der Waals surface area contributed by atoms with Crippen LogP contribution in [0.4, 0.5) is 0 Å². The van der Waals surface area contributed by atoms with E-state index in [1.165, 1.54) is 0 Å². The Bertz CT molecular complexity index is 513. The molecule has 0 fully saturated rings. The van der Waals surface area contributed by atoms with Crippen LogP contribution in [-0.2, 0) is 11.2 Å². The van der Waals surface area contributed by atoms with E-state index in [-0.39, 0.29) is 0 Å². The molecule has 1 heterocycles. The number of H-pyrrole nitrogens is 1. The van der Waals surface area contributed by atoms with Gasteiger partial charge in [0.2, 0.25) is 0 Å². The summed E-state index contributed by atoms with van der Waals surface area (Å²) in [4.78, 5) is 17.5. The van der Waals surface area contributed by atoms with Crippen molar-refractivity contribution in [2.75, 3.05) is 0 Å². The molecule has 0 aliphatic rings. The molecule has 17 heavy (non-hydrogen) atoms. The number of hydrogen-bond donors (Lipinski definition) is 2. The summed E-state index contributed by atoms with van der Waals surface area (Å²) in [5.74, 6) is -0.0245. The number of aromatic amines is 1. The molecule has 0 saturated carbocycles. The number of aromatic nitrogens is 2. The lowest BCUT2D eigenvalue weighted by atomic mass is 10.1. The molecular weight excluding hydrogens is 216 g/mol. The lowest BCUT2D eigenvalue weighted by Crippen LogP contribution is -1.90. The molecule has 4 heteroatoms. The number of benzene rings is 1. The first-order valence-corrected chi connectivity index (χ1v) is 5.22. The van der Waals surface area contributed by atoms with Crippen molar-refractivity contribution in [1.29, 1.82) is 0 Å². The standard InChI is InChI=1S/C13H12N2O2/c16-13(17)6-5-10-1-3-11(4-2-10)9-12-14-7-8-15-12/h1-8H,9H2,(H,14,15)(H,16,17). The smallest absolute Gasteiger partial charge is 0.328 e. The minimum absolute atomic E-state index is 0.746. The Labute approximate surface area is 98.6 Å². The van der Waals surface area contributed by atoms with Gasteiger partial charge in [0.25, 0.3) is 0 Å². The molecule has 0 atom stereocenters. The average Bonchev–Trinajstić information content (AvgIpc) is 2.81. The zero-order chi connectivity index (χ0) is 12.1. The molecule has 1 aromatic carbocycles. The molecule has 4 nitrogen and oxygen atoms in total. The number of aliphatic carboxylic acids is 1. The monoisotopic (exact) mass is 228 g/mol. The van der Waals surface area contributed by atoms with Crippen LogP contribution in [0.1, 0.15) is 17.0 Å². The summed E-state index contributed by atoms with van der Waals surface area (Å²) in [6.45, 7) is 0. The van der Waals surface area contributed by atoms with Crippen molar-refractivity contribution in [1.82, 2.24) is 9.97 Å². The summed E-state index contributed by atoms with van der Waals surface area (Å²) >= 11 is 0. The minimum atomic E-state index is -0.940. The summed E-state index contributed by atoms with van der Waals surface area (Å²) in [7, 11) is 0. The predicted octanol–water partition coefficient (Wildman–Crippen LogP) is 2.10. The van der Waals surface area contributed by atoms with Crippen molar-refractivity contribution >= 4 is 12.0 Å². The number of nitrogens with one attached hydrogen (secondary N) is 1. The van der Waals surface area contributed by atoms with E-state index in [1.54, 1.807) is 18.5 Å². The second-order valence-electron chi connectivity index (χ2n) is 3.63. The minimum Gasteiger partial charge on any atom is -0.478 e. The number of carbonyl (C=O) groups is 1. The van der Waals surface area contributed by atoms with E-state index >= 15 is 0 Å². The Morgan fingerprint density at radius 2 is 2.12 bits per heavy atom. The van der Waals surface area contributed by atoms with Crippen LogP contribution < -0.4 is 0 Å². The Kier molecular flexibility index (Phi) is 3.35. The van der Waals surface area contributed by atoms with Gasteiger partial charge in [0.05, 0.1) is 0 Å².